The number of benzene rings is 1. The Kier molecular flexibility index (Phi) is 4.99. The second-order valence-corrected chi connectivity index (χ2v) is 9.99. The van der Waals surface area contributed by atoms with Crippen molar-refractivity contribution in [3.63, 3.8) is 0 Å². The van der Waals surface area contributed by atoms with Crippen LogP contribution in [0.3, 0.4) is 0 Å². The summed E-state index contributed by atoms with van der Waals surface area (Å²) in [6.07, 6.45) is 3.46. The molecule has 0 aliphatic carbocycles. The van der Waals surface area contributed by atoms with Crippen LogP contribution in [0.15, 0.2) is 29.3 Å². The number of aromatic nitrogens is 3. The van der Waals surface area contributed by atoms with Gasteiger partial charge in [-0.2, -0.15) is 4.31 Å². The predicted octanol–water partition coefficient (Wildman–Crippen LogP) is 3.84. The van der Waals surface area contributed by atoms with Crippen molar-refractivity contribution >= 4 is 15.7 Å². The van der Waals surface area contributed by atoms with Crippen LogP contribution in [0.4, 0.5) is 0 Å². The summed E-state index contributed by atoms with van der Waals surface area (Å²) in [7, 11) is -3.53. The maximum Gasteiger partial charge on any atom is 0.243 e. The van der Waals surface area contributed by atoms with Gasteiger partial charge in [0.1, 0.15) is 5.82 Å². The van der Waals surface area contributed by atoms with Gasteiger partial charge >= 0.3 is 0 Å². The zero-order chi connectivity index (χ0) is 20.9. The molecule has 7 heteroatoms. The zero-order valence-corrected chi connectivity index (χ0v) is 18.5. The van der Waals surface area contributed by atoms with Gasteiger partial charge in [0.25, 0.3) is 0 Å². The van der Waals surface area contributed by atoms with Crippen molar-refractivity contribution in [2.24, 2.45) is 0 Å². The van der Waals surface area contributed by atoms with E-state index in [1.54, 1.807) is 4.31 Å². The van der Waals surface area contributed by atoms with Crippen molar-refractivity contribution in [2.45, 2.75) is 58.3 Å². The van der Waals surface area contributed by atoms with E-state index < -0.39 is 10.0 Å². The molecule has 1 aliphatic rings. The first-order chi connectivity index (χ1) is 13.7. The minimum absolute atomic E-state index is 0.211. The van der Waals surface area contributed by atoms with Gasteiger partial charge in [-0.15, -0.1) is 10.2 Å². The summed E-state index contributed by atoms with van der Waals surface area (Å²) in [6.45, 7) is 10.9. The molecule has 0 N–H and O–H groups in total. The number of rotatable bonds is 3. The van der Waals surface area contributed by atoms with E-state index >= 15 is 0 Å². The molecular weight excluding hydrogens is 384 g/mol. The molecule has 0 atom stereocenters. The lowest BCUT2D eigenvalue weighted by Crippen LogP contribution is -2.39. The molecule has 6 nitrogen and oxygen atoms in total. The topological polar surface area (TPSA) is 67.6 Å². The fraction of sp³-hybridized carbons (Fsp3) is 0.455. The molecule has 4 rings (SSSR count). The first kappa shape index (κ1) is 20.0. The van der Waals surface area contributed by atoms with Crippen LogP contribution in [0.2, 0.25) is 0 Å². The molecular formula is C22H28N4O2S. The summed E-state index contributed by atoms with van der Waals surface area (Å²) in [5.74, 6) is 1.13. The molecule has 29 heavy (non-hydrogen) atoms. The fourth-order valence-electron chi connectivity index (χ4n) is 4.47. The summed E-state index contributed by atoms with van der Waals surface area (Å²) >= 11 is 0. The Morgan fingerprint density at radius 1 is 0.862 bits per heavy atom. The van der Waals surface area contributed by atoms with Gasteiger partial charge in [0, 0.05) is 25.2 Å². The fourth-order valence-corrected chi connectivity index (χ4v) is 6.50. The number of piperidine rings is 1. The summed E-state index contributed by atoms with van der Waals surface area (Å²) in [6, 6.07) is 5.84. The normalized spacial score (nSPS) is 16.6. The summed E-state index contributed by atoms with van der Waals surface area (Å²) in [5.41, 5.74) is 5.88. The van der Waals surface area contributed by atoms with E-state index in [0.29, 0.717) is 18.0 Å². The van der Waals surface area contributed by atoms with Crippen molar-refractivity contribution in [2.75, 3.05) is 13.1 Å². The third-order valence-electron chi connectivity index (χ3n) is 6.69. The van der Waals surface area contributed by atoms with Gasteiger partial charge in [0.2, 0.25) is 10.0 Å². The van der Waals surface area contributed by atoms with Crippen LogP contribution in [-0.2, 0) is 10.0 Å². The third-order valence-corrected chi connectivity index (χ3v) is 8.86. The van der Waals surface area contributed by atoms with Crippen LogP contribution >= 0.6 is 0 Å². The molecule has 0 bridgehead atoms. The Morgan fingerprint density at radius 2 is 1.45 bits per heavy atom. The van der Waals surface area contributed by atoms with Crippen LogP contribution in [-0.4, -0.2) is 40.4 Å². The minimum Gasteiger partial charge on any atom is -0.286 e. The third kappa shape index (κ3) is 3.16. The molecule has 0 amide bonds. The molecule has 0 unspecified atom stereocenters. The van der Waals surface area contributed by atoms with Crippen LogP contribution in [0, 0.1) is 34.6 Å². The Bertz CT molecular complexity index is 1160. The van der Waals surface area contributed by atoms with Crippen LogP contribution < -0.4 is 0 Å². The van der Waals surface area contributed by atoms with E-state index in [1.807, 2.05) is 56.5 Å². The Hall–Kier alpha value is -2.25. The molecule has 3 heterocycles. The largest absolute Gasteiger partial charge is 0.286 e. The SMILES string of the molecule is Cc1c(C)c(C)c(S(=O)(=O)N2CCC(c3nnc4ccccn34)CC2)c(C)c1C. The van der Waals surface area contributed by atoms with Crippen LogP contribution in [0.1, 0.15) is 52.4 Å². The standard InChI is InChI=1S/C22H28N4O2S/c1-14-15(2)17(4)21(18(5)16(14)3)29(27,28)25-12-9-19(10-13-25)22-24-23-20-8-6-7-11-26(20)22/h6-8,11,19H,9-10,12-13H2,1-5H3. The van der Waals surface area contributed by atoms with Gasteiger partial charge < -0.3 is 0 Å². The van der Waals surface area contributed by atoms with E-state index in [0.717, 1.165) is 46.6 Å². The van der Waals surface area contributed by atoms with E-state index in [1.165, 1.54) is 5.56 Å². The highest BCUT2D eigenvalue weighted by atomic mass is 32.2. The highest BCUT2D eigenvalue weighted by Gasteiger charge is 2.34. The van der Waals surface area contributed by atoms with Crippen molar-refractivity contribution in [1.29, 1.82) is 0 Å². The number of sulfonamides is 1. The molecule has 154 valence electrons. The molecule has 3 aromatic rings. The summed E-state index contributed by atoms with van der Waals surface area (Å²) < 4.78 is 30.7. The van der Waals surface area contributed by atoms with E-state index in [9.17, 15) is 8.42 Å². The molecule has 0 saturated carbocycles. The van der Waals surface area contributed by atoms with Gasteiger partial charge in [0.05, 0.1) is 4.90 Å². The van der Waals surface area contributed by atoms with E-state index in [2.05, 4.69) is 17.1 Å². The molecule has 1 aliphatic heterocycles. The number of hydrogen-bond acceptors (Lipinski definition) is 4. The van der Waals surface area contributed by atoms with Gasteiger partial charge in [-0.25, -0.2) is 8.42 Å². The lowest BCUT2D eigenvalue weighted by Gasteiger charge is -2.32. The first-order valence-electron chi connectivity index (χ1n) is 10.1. The summed E-state index contributed by atoms with van der Waals surface area (Å²) in [5, 5.41) is 8.61. The number of hydrogen-bond donors (Lipinski definition) is 0. The van der Waals surface area contributed by atoms with Crippen LogP contribution in [0.25, 0.3) is 5.65 Å². The van der Waals surface area contributed by atoms with Crippen LogP contribution in [0.5, 0.6) is 0 Å². The molecule has 0 radical (unpaired) electrons. The van der Waals surface area contributed by atoms with E-state index in [-0.39, 0.29) is 5.92 Å². The lowest BCUT2D eigenvalue weighted by atomic mass is 9.95. The first-order valence-corrected chi connectivity index (χ1v) is 11.5. The number of fused-ring (bicyclic) bond motifs is 1. The molecule has 1 aromatic carbocycles. The quantitative estimate of drug-likeness (QED) is 0.655. The average Bonchev–Trinajstić information content (AvgIpc) is 3.15. The van der Waals surface area contributed by atoms with Crippen molar-refractivity contribution in [3.8, 4) is 0 Å². The van der Waals surface area contributed by atoms with Gasteiger partial charge in [0.15, 0.2) is 5.65 Å². The number of nitrogens with zero attached hydrogens (tertiary/aromatic N) is 4. The van der Waals surface area contributed by atoms with Gasteiger partial charge in [-0.1, -0.05) is 6.07 Å². The Morgan fingerprint density at radius 3 is 2.07 bits per heavy atom. The lowest BCUT2D eigenvalue weighted by molar-refractivity contribution is 0.312. The van der Waals surface area contributed by atoms with E-state index in [4.69, 9.17) is 0 Å². The monoisotopic (exact) mass is 412 g/mol. The maximum atomic E-state index is 13.5. The van der Waals surface area contributed by atoms with Crippen molar-refractivity contribution in [1.82, 2.24) is 18.9 Å². The Balaban J connectivity index is 1.62. The predicted molar refractivity (Wildman–Crippen MR) is 114 cm³/mol. The molecule has 0 spiro atoms. The van der Waals surface area contributed by atoms with Crippen molar-refractivity contribution < 1.29 is 8.42 Å². The molecule has 1 fully saturated rings. The zero-order valence-electron chi connectivity index (χ0n) is 17.7. The second kappa shape index (κ2) is 7.22. The minimum atomic E-state index is -3.53. The average molecular weight is 413 g/mol. The maximum absolute atomic E-state index is 13.5. The Labute approximate surface area is 172 Å². The highest BCUT2D eigenvalue weighted by molar-refractivity contribution is 7.89. The van der Waals surface area contributed by atoms with Gasteiger partial charge in [-0.05, 0) is 87.4 Å². The molecule has 2 aromatic heterocycles. The van der Waals surface area contributed by atoms with Crippen molar-refractivity contribution in [3.05, 3.63) is 58.0 Å². The highest BCUT2D eigenvalue weighted by Crippen LogP contribution is 2.35. The summed E-state index contributed by atoms with van der Waals surface area (Å²) in [4.78, 5) is 0.490. The second-order valence-electron chi connectivity index (χ2n) is 8.12. The number of pyridine rings is 1. The van der Waals surface area contributed by atoms with Gasteiger partial charge in [-0.3, -0.25) is 4.40 Å². The molecule has 1 saturated heterocycles. The smallest absolute Gasteiger partial charge is 0.243 e.